The third-order valence-electron chi connectivity index (χ3n) is 5.29. The fraction of sp³-hybridized carbons (Fsp3) is 0.871. The minimum absolute atomic E-state index is 0.195. The summed E-state index contributed by atoms with van der Waals surface area (Å²) in [5.41, 5.74) is 0.367. The lowest BCUT2D eigenvalue weighted by Crippen LogP contribution is -2.16. The quantitative estimate of drug-likeness (QED) is 0.0525. The van der Waals surface area contributed by atoms with Crippen LogP contribution in [0.5, 0.6) is 0 Å². The Kier molecular flexibility index (Phi) is 36.3. The molecule has 0 heterocycles. The lowest BCUT2D eigenvalue weighted by Gasteiger charge is -2.09. The first kappa shape index (κ1) is 44.2. The summed E-state index contributed by atoms with van der Waals surface area (Å²) >= 11 is 0. The van der Waals surface area contributed by atoms with Crippen LogP contribution in [0.25, 0.3) is 0 Å². The van der Waals surface area contributed by atoms with Crippen molar-refractivity contribution in [3.05, 3.63) is 12.2 Å². The summed E-state index contributed by atoms with van der Waals surface area (Å²) in [6.45, 7) is 17.5. The molecule has 0 spiro atoms. The summed E-state index contributed by atoms with van der Waals surface area (Å²) in [4.78, 5) is 22.3. The number of hydrogen-bond acceptors (Lipinski definition) is 15. The second-order valence-corrected chi connectivity index (χ2v) is 9.21. The van der Waals surface area contributed by atoms with Gasteiger partial charge in [0.2, 0.25) is 0 Å². The van der Waals surface area contributed by atoms with Crippen LogP contribution in [-0.4, -0.2) is 171 Å². The summed E-state index contributed by atoms with van der Waals surface area (Å²) in [7, 11) is 0. The Morgan fingerprint density at radius 3 is 0.870 bits per heavy atom. The highest BCUT2D eigenvalue weighted by molar-refractivity contribution is 5.86. The predicted octanol–water partition coefficient (Wildman–Crippen LogP) is 1.24. The molecule has 0 aliphatic rings. The SMILES string of the molecule is C=C(C)C(=O)OCCOCCOCCOCCOCCOCCOCCOCCOCCOCCOCCOCCC(=O)OCC. The standard InChI is InChI=1S/C31H58O15/c1-4-45-30(32)5-6-34-7-8-35-9-10-36-11-12-37-13-14-38-15-16-39-17-18-40-19-20-41-21-22-42-23-24-43-25-26-44-27-28-46-31(33)29(2)3/h2,4-28H2,1,3H3. The van der Waals surface area contributed by atoms with E-state index >= 15 is 0 Å². The Balaban J connectivity index is 3.09. The molecule has 0 unspecified atom stereocenters. The van der Waals surface area contributed by atoms with E-state index in [1.165, 1.54) is 0 Å². The van der Waals surface area contributed by atoms with Crippen LogP contribution in [0.2, 0.25) is 0 Å². The molecule has 0 aromatic rings. The maximum absolute atomic E-state index is 11.2. The maximum atomic E-state index is 11.2. The van der Waals surface area contributed by atoms with Gasteiger partial charge in [-0.1, -0.05) is 6.58 Å². The van der Waals surface area contributed by atoms with Gasteiger partial charge in [0.1, 0.15) is 6.61 Å². The monoisotopic (exact) mass is 670 g/mol. The van der Waals surface area contributed by atoms with Crippen molar-refractivity contribution in [1.29, 1.82) is 0 Å². The molecule has 0 amide bonds. The van der Waals surface area contributed by atoms with E-state index in [1.54, 1.807) is 13.8 Å². The second-order valence-electron chi connectivity index (χ2n) is 9.21. The largest absolute Gasteiger partial charge is 0.466 e. The van der Waals surface area contributed by atoms with E-state index in [-0.39, 0.29) is 19.0 Å². The number of esters is 2. The Hall–Kier alpha value is -1.76. The lowest BCUT2D eigenvalue weighted by atomic mass is 10.4. The van der Waals surface area contributed by atoms with Crippen molar-refractivity contribution in [2.24, 2.45) is 0 Å². The van der Waals surface area contributed by atoms with Gasteiger partial charge in [-0.2, -0.15) is 0 Å². The summed E-state index contributed by atoms with van der Waals surface area (Å²) < 4.78 is 69.2. The van der Waals surface area contributed by atoms with E-state index in [0.717, 1.165) is 0 Å². The molecule has 0 N–H and O–H groups in total. The zero-order valence-electron chi connectivity index (χ0n) is 28.0. The molecule has 0 saturated heterocycles. The van der Waals surface area contributed by atoms with E-state index in [1.807, 2.05) is 0 Å². The molecule has 0 aromatic carbocycles. The molecular formula is C31H58O15. The first-order valence-electron chi connectivity index (χ1n) is 15.9. The first-order valence-corrected chi connectivity index (χ1v) is 15.9. The molecule has 0 aliphatic heterocycles. The average Bonchev–Trinajstić information content (AvgIpc) is 3.04. The van der Waals surface area contributed by atoms with Gasteiger partial charge in [-0.25, -0.2) is 4.79 Å². The zero-order valence-corrected chi connectivity index (χ0v) is 28.0. The molecule has 0 radical (unpaired) electrons. The number of hydrogen-bond donors (Lipinski definition) is 0. The van der Waals surface area contributed by atoms with Gasteiger partial charge in [0, 0.05) is 5.57 Å². The summed E-state index contributed by atoms with van der Waals surface area (Å²) in [5.74, 6) is -0.671. The van der Waals surface area contributed by atoms with Crippen LogP contribution in [0.15, 0.2) is 12.2 Å². The fourth-order valence-electron chi connectivity index (χ4n) is 3.01. The van der Waals surface area contributed by atoms with Crippen molar-refractivity contribution in [2.75, 3.05) is 159 Å². The van der Waals surface area contributed by atoms with Gasteiger partial charge in [-0.15, -0.1) is 0 Å². The van der Waals surface area contributed by atoms with E-state index in [4.69, 9.17) is 61.6 Å². The molecular weight excluding hydrogens is 612 g/mol. The molecule has 0 saturated carbocycles. The van der Waals surface area contributed by atoms with Gasteiger partial charge in [-0.3, -0.25) is 4.79 Å². The first-order chi connectivity index (χ1) is 22.6. The number of carbonyl (C=O) groups excluding carboxylic acids is 2. The second kappa shape index (κ2) is 37.7. The van der Waals surface area contributed by atoms with Gasteiger partial charge in [0.25, 0.3) is 0 Å². The van der Waals surface area contributed by atoms with Crippen LogP contribution in [0.3, 0.4) is 0 Å². The molecule has 0 bridgehead atoms. The Morgan fingerprint density at radius 2 is 0.630 bits per heavy atom. The average molecular weight is 671 g/mol. The van der Waals surface area contributed by atoms with E-state index in [2.05, 4.69) is 6.58 Å². The number of rotatable bonds is 38. The molecule has 0 aromatic heterocycles. The molecule has 272 valence electrons. The van der Waals surface area contributed by atoms with Gasteiger partial charge in [0.15, 0.2) is 0 Å². The van der Waals surface area contributed by atoms with Gasteiger partial charge in [0.05, 0.1) is 158 Å². The van der Waals surface area contributed by atoms with Crippen molar-refractivity contribution in [1.82, 2.24) is 0 Å². The fourth-order valence-corrected chi connectivity index (χ4v) is 3.01. The van der Waals surface area contributed by atoms with Crippen LogP contribution < -0.4 is 0 Å². The third-order valence-corrected chi connectivity index (χ3v) is 5.29. The van der Waals surface area contributed by atoms with Crippen LogP contribution in [0, 0.1) is 0 Å². The predicted molar refractivity (Wildman–Crippen MR) is 166 cm³/mol. The molecule has 0 fully saturated rings. The molecule has 15 heteroatoms. The van der Waals surface area contributed by atoms with Crippen LogP contribution >= 0.6 is 0 Å². The molecule has 0 aliphatic carbocycles. The van der Waals surface area contributed by atoms with Gasteiger partial charge >= 0.3 is 11.9 Å². The van der Waals surface area contributed by atoms with E-state index in [9.17, 15) is 9.59 Å². The highest BCUT2D eigenvalue weighted by Gasteiger charge is 2.02. The number of ether oxygens (including phenoxy) is 13. The van der Waals surface area contributed by atoms with E-state index < -0.39 is 5.97 Å². The van der Waals surface area contributed by atoms with Crippen LogP contribution in [0.1, 0.15) is 20.3 Å². The maximum Gasteiger partial charge on any atom is 0.333 e. The van der Waals surface area contributed by atoms with Gasteiger partial charge < -0.3 is 61.6 Å². The number of carbonyl (C=O) groups is 2. The molecule has 15 nitrogen and oxygen atoms in total. The van der Waals surface area contributed by atoms with E-state index in [0.29, 0.717) is 158 Å². The Labute approximate surface area is 274 Å². The Bertz CT molecular complexity index is 680. The Morgan fingerprint density at radius 1 is 0.391 bits per heavy atom. The molecule has 46 heavy (non-hydrogen) atoms. The smallest absolute Gasteiger partial charge is 0.333 e. The minimum atomic E-state index is -0.416. The van der Waals surface area contributed by atoms with Crippen molar-refractivity contribution >= 4 is 11.9 Å². The van der Waals surface area contributed by atoms with Crippen molar-refractivity contribution < 1.29 is 71.2 Å². The minimum Gasteiger partial charge on any atom is -0.466 e. The summed E-state index contributed by atoms with van der Waals surface area (Å²) in [5, 5.41) is 0. The molecule has 0 atom stereocenters. The highest BCUT2D eigenvalue weighted by atomic mass is 16.6. The highest BCUT2D eigenvalue weighted by Crippen LogP contribution is 1.92. The van der Waals surface area contributed by atoms with Crippen LogP contribution in [0.4, 0.5) is 0 Å². The normalized spacial score (nSPS) is 11.2. The zero-order chi connectivity index (χ0) is 33.6. The summed E-state index contributed by atoms with van der Waals surface area (Å²) in [6, 6.07) is 0. The topological polar surface area (TPSA) is 154 Å². The van der Waals surface area contributed by atoms with Crippen LogP contribution in [-0.2, 0) is 71.2 Å². The van der Waals surface area contributed by atoms with Crippen molar-refractivity contribution in [3.63, 3.8) is 0 Å². The van der Waals surface area contributed by atoms with Crippen molar-refractivity contribution in [2.45, 2.75) is 20.3 Å². The van der Waals surface area contributed by atoms with Gasteiger partial charge in [-0.05, 0) is 13.8 Å². The van der Waals surface area contributed by atoms with Crippen molar-refractivity contribution in [3.8, 4) is 0 Å². The summed E-state index contributed by atoms with van der Waals surface area (Å²) in [6.07, 6.45) is 0.252. The third kappa shape index (κ3) is 36.7. The molecule has 0 rings (SSSR count). The lowest BCUT2D eigenvalue weighted by molar-refractivity contribution is -0.144.